The first-order chi connectivity index (χ1) is 10.1. The van der Waals surface area contributed by atoms with Crippen LogP contribution in [0, 0.1) is 0 Å². The average Bonchev–Trinajstić information content (AvgIpc) is 2.46. The summed E-state index contributed by atoms with van der Waals surface area (Å²) in [5, 5.41) is 21.4. The molecule has 0 heterocycles. The number of hydrogen-bond donors (Lipinski definition) is 0. The van der Waals surface area contributed by atoms with E-state index in [1.165, 1.54) is 0 Å². The number of aliphatic carboxylic acids is 2. The molecule has 9 heteroatoms. The molecule has 0 radical (unpaired) electrons. The van der Waals surface area contributed by atoms with Gasteiger partial charge in [-0.2, -0.15) is 0 Å². The summed E-state index contributed by atoms with van der Waals surface area (Å²) >= 11 is 13.1. The Balaban J connectivity index is 0.000000403. The van der Waals surface area contributed by atoms with E-state index in [9.17, 15) is 19.8 Å². The van der Waals surface area contributed by atoms with Crippen molar-refractivity contribution in [2.45, 2.75) is 69.7 Å². The van der Waals surface area contributed by atoms with Crippen LogP contribution in [0.25, 0.3) is 0 Å². The molecule has 0 aliphatic heterocycles. The fourth-order valence-corrected chi connectivity index (χ4v) is 5.14. The first-order valence-electron chi connectivity index (χ1n) is 7.23. The van der Waals surface area contributed by atoms with E-state index < -0.39 is 20.6 Å². The molecule has 2 aliphatic carbocycles. The SMILES string of the molecule is O=C([O-])C1(Br)CCCCC1Br.O=C([O-])C1(Br)CCCCC1Br.[Zn+2]. The normalized spacial score (nSPS) is 36.9. The van der Waals surface area contributed by atoms with Crippen molar-refractivity contribution in [3.63, 3.8) is 0 Å². The summed E-state index contributed by atoms with van der Waals surface area (Å²) in [5.74, 6) is -2.00. The van der Waals surface area contributed by atoms with Gasteiger partial charge >= 0.3 is 19.5 Å². The van der Waals surface area contributed by atoms with E-state index in [4.69, 9.17) is 0 Å². The maximum Gasteiger partial charge on any atom is 2.00 e. The third-order valence-corrected chi connectivity index (χ3v) is 10.4. The molecule has 23 heavy (non-hydrogen) atoms. The number of carboxylic acids is 2. The Labute approximate surface area is 183 Å². The van der Waals surface area contributed by atoms with Gasteiger partial charge in [-0.05, 0) is 25.7 Å². The second-order valence-corrected chi connectivity index (χ2v) is 10.8. The van der Waals surface area contributed by atoms with Crippen LogP contribution >= 0.6 is 63.7 Å². The average molecular weight is 635 g/mol. The van der Waals surface area contributed by atoms with E-state index >= 15 is 0 Å². The van der Waals surface area contributed by atoms with Crippen molar-refractivity contribution in [2.75, 3.05) is 0 Å². The first kappa shape index (κ1) is 24.5. The molecule has 4 atom stereocenters. The van der Waals surface area contributed by atoms with Crippen molar-refractivity contribution in [1.29, 1.82) is 0 Å². The van der Waals surface area contributed by atoms with Crippen molar-refractivity contribution in [1.82, 2.24) is 0 Å². The Morgan fingerprint density at radius 2 is 1.09 bits per heavy atom. The van der Waals surface area contributed by atoms with Crippen LogP contribution < -0.4 is 10.2 Å². The topological polar surface area (TPSA) is 80.3 Å². The van der Waals surface area contributed by atoms with Gasteiger partial charge in [-0.1, -0.05) is 89.4 Å². The molecule has 0 aromatic carbocycles. The van der Waals surface area contributed by atoms with Gasteiger partial charge in [0, 0.05) is 9.65 Å². The molecular weight excluding hydrogens is 617 g/mol. The van der Waals surface area contributed by atoms with Gasteiger partial charge in [0.1, 0.15) is 0 Å². The number of carbonyl (C=O) groups excluding carboxylic acids is 2. The van der Waals surface area contributed by atoms with Gasteiger partial charge in [0.2, 0.25) is 0 Å². The summed E-state index contributed by atoms with van der Waals surface area (Å²) in [5.41, 5.74) is 0. The molecular formula is C14H18Br4O4Zn. The molecule has 0 aromatic rings. The number of carboxylic acid groups (broad SMARTS) is 2. The maximum absolute atomic E-state index is 10.7. The van der Waals surface area contributed by atoms with Gasteiger partial charge < -0.3 is 19.8 Å². The van der Waals surface area contributed by atoms with Crippen LogP contribution in [-0.4, -0.2) is 30.2 Å². The second-order valence-electron chi connectivity index (χ2n) is 5.73. The zero-order valence-corrected chi connectivity index (χ0v) is 22.0. The van der Waals surface area contributed by atoms with Crippen LogP contribution in [0.4, 0.5) is 0 Å². The molecule has 2 rings (SSSR count). The number of carbonyl (C=O) groups is 2. The Bertz CT molecular complexity index is 388. The van der Waals surface area contributed by atoms with Gasteiger partial charge in [-0.15, -0.1) is 0 Å². The smallest absolute Gasteiger partial charge is 0.549 e. The van der Waals surface area contributed by atoms with Crippen molar-refractivity contribution in [2.24, 2.45) is 0 Å². The Morgan fingerprint density at radius 3 is 1.26 bits per heavy atom. The summed E-state index contributed by atoms with van der Waals surface area (Å²) < 4.78 is -1.66. The van der Waals surface area contributed by atoms with Crippen LogP contribution in [0.5, 0.6) is 0 Å². The molecule has 4 nitrogen and oxygen atoms in total. The van der Waals surface area contributed by atoms with Gasteiger partial charge in [0.05, 0.1) is 20.6 Å². The van der Waals surface area contributed by atoms with Gasteiger partial charge in [0.15, 0.2) is 0 Å². The quantitative estimate of drug-likeness (QED) is 0.345. The molecule has 2 fully saturated rings. The fraction of sp³-hybridized carbons (Fsp3) is 0.857. The van der Waals surface area contributed by atoms with Gasteiger partial charge in [-0.25, -0.2) is 0 Å². The largest absolute Gasteiger partial charge is 2.00 e. The third kappa shape index (κ3) is 6.30. The summed E-state index contributed by atoms with van der Waals surface area (Å²) in [4.78, 5) is 21.4. The summed E-state index contributed by atoms with van der Waals surface area (Å²) in [6, 6.07) is 0. The first-order valence-corrected chi connectivity index (χ1v) is 10.6. The zero-order chi connectivity index (χ0) is 17.0. The van der Waals surface area contributed by atoms with Crippen LogP contribution in [0.1, 0.15) is 51.4 Å². The van der Waals surface area contributed by atoms with Gasteiger partial charge in [-0.3, -0.25) is 0 Å². The van der Waals surface area contributed by atoms with Gasteiger partial charge in [0.25, 0.3) is 0 Å². The molecule has 0 amide bonds. The Morgan fingerprint density at radius 1 is 0.783 bits per heavy atom. The van der Waals surface area contributed by atoms with Crippen molar-refractivity contribution < 1.29 is 39.3 Å². The van der Waals surface area contributed by atoms with E-state index in [2.05, 4.69) is 63.7 Å². The van der Waals surface area contributed by atoms with Crippen LogP contribution in [0.2, 0.25) is 0 Å². The summed E-state index contributed by atoms with van der Waals surface area (Å²) in [6.07, 6.45) is 7.23. The predicted octanol–water partition coefficient (Wildman–Crippen LogP) is 2.41. The Hall–Kier alpha value is 1.48. The molecule has 128 valence electrons. The summed E-state index contributed by atoms with van der Waals surface area (Å²) in [6.45, 7) is 0. The Kier molecular flexibility index (Phi) is 11.3. The van der Waals surface area contributed by atoms with Crippen molar-refractivity contribution in [3.8, 4) is 0 Å². The molecule has 0 saturated heterocycles. The number of hydrogen-bond acceptors (Lipinski definition) is 4. The van der Waals surface area contributed by atoms with E-state index in [0.717, 1.165) is 38.5 Å². The minimum absolute atomic E-state index is 0. The molecule has 4 unspecified atom stereocenters. The standard InChI is InChI=1S/2C7H10Br2O2.Zn/c2*8-5-3-1-2-4-7(5,9)6(10)11;/h2*5H,1-4H2,(H,10,11);/q;;+2/p-2. The van der Waals surface area contributed by atoms with Crippen LogP contribution in [0.15, 0.2) is 0 Å². The maximum atomic E-state index is 10.7. The predicted molar refractivity (Wildman–Crippen MR) is 95.7 cm³/mol. The number of halogens is 4. The molecule has 2 saturated carbocycles. The second kappa shape index (κ2) is 10.6. The van der Waals surface area contributed by atoms with Crippen LogP contribution in [-0.2, 0) is 29.1 Å². The minimum Gasteiger partial charge on any atom is -0.549 e. The van der Waals surface area contributed by atoms with Crippen molar-refractivity contribution in [3.05, 3.63) is 0 Å². The van der Waals surface area contributed by atoms with Crippen LogP contribution in [0.3, 0.4) is 0 Å². The monoisotopic (exact) mass is 630 g/mol. The molecule has 2 aliphatic rings. The molecule has 0 bridgehead atoms. The van der Waals surface area contributed by atoms with E-state index in [0.29, 0.717) is 12.8 Å². The van der Waals surface area contributed by atoms with E-state index in [-0.39, 0.29) is 29.1 Å². The zero-order valence-electron chi connectivity index (χ0n) is 12.7. The third-order valence-electron chi connectivity index (χ3n) is 4.17. The molecule has 0 aromatic heterocycles. The summed E-state index contributed by atoms with van der Waals surface area (Å²) in [7, 11) is 0. The fourth-order valence-electron chi connectivity index (χ4n) is 2.64. The number of rotatable bonds is 2. The molecule has 0 N–H and O–H groups in total. The van der Waals surface area contributed by atoms with Crippen molar-refractivity contribution >= 4 is 75.7 Å². The van der Waals surface area contributed by atoms with E-state index in [1.807, 2.05) is 0 Å². The molecule has 0 spiro atoms. The minimum atomic E-state index is -1.00. The van der Waals surface area contributed by atoms with E-state index in [1.54, 1.807) is 0 Å². The number of alkyl halides is 4.